The van der Waals surface area contributed by atoms with Crippen molar-refractivity contribution in [1.82, 2.24) is 5.32 Å². The molecule has 6 nitrogen and oxygen atoms in total. The molecule has 3 N–H and O–H groups in total. The Labute approximate surface area is 141 Å². The molecular weight excluding hydrogens is 318 g/mol. The van der Waals surface area contributed by atoms with Crippen molar-refractivity contribution in [2.24, 2.45) is 5.73 Å². The number of halogens is 1. The Morgan fingerprint density at radius 2 is 1.91 bits per heavy atom. The Bertz CT molecular complexity index is 561. The molecule has 2 saturated heterocycles. The molecule has 2 fully saturated rings. The maximum absolute atomic E-state index is 12.5. The molecule has 0 spiro atoms. The fourth-order valence-corrected chi connectivity index (χ4v) is 2.94. The highest BCUT2D eigenvalue weighted by Gasteiger charge is 2.40. The zero-order valence-electron chi connectivity index (χ0n) is 12.9. The van der Waals surface area contributed by atoms with E-state index in [9.17, 15) is 9.59 Å². The van der Waals surface area contributed by atoms with Crippen molar-refractivity contribution in [2.75, 3.05) is 24.7 Å². The zero-order chi connectivity index (χ0) is 15.6. The van der Waals surface area contributed by atoms with Gasteiger partial charge in [-0.3, -0.25) is 9.59 Å². The quantitative estimate of drug-likeness (QED) is 0.854. The SMILES string of the molecule is Cl.NC1(C(=O)NC2CCN(c3ccccc3)C2=O)CCOCC1. The number of ether oxygens (including phenoxy) is 1. The number of amides is 2. The Morgan fingerprint density at radius 1 is 1.26 bits per heavy atom. The Kier molecular flexibility index (Phi) is 5.62. The van der Waals surface area contributed by atoms with E-state index in [0.717, 1.165) is 5.69 Å². The van der Waals surface area contributed by atoms with Crippen LogP contribution in [0, 0.1) is 0 Å². The van der Waals surface area contributed by atoms with Gasteiger partial charge in [0.15, 0.2) is 0 Å². The van der Waals surface area contributed by atoms with Crippen LogP contribution in [-0.4, -0.2) is 43.2 Å². The average molecular weight is 340 g/mol. The molecule has 2 amide bonds. The van der Waals surface area contributed by atoms with Gasteiger partial charge in [0.05, 0.1) is 5.54 Å². The fourth-order valence-electron chi connectivity index (χ4n) is 2.94. The number of carbonyl (C=O) groups excluding carboxylic acids is 2. The molecule has 2 heterocycles. The molecule has 126 valence electrons. The first kappa shape index (κ1) is 17.7. The van der Waals surface area contributed by atoms with Gasteiger partial charge in [-0.1, -0.05) is 18.2 Å². The predicted octanol–water partition coefficient (Wildman–Crippen LogP) is 0.838. The highest BCUT2D eigenvalue weighted by Crippen LogP contribution is 2.23. The molecule has 2 aliphatic rings. The van der Waals surface area contributed by atoms with E-state index in [1.165, 1.54) is 0 Å². The molecule has 1 atom stereocenters. The van der Waals surface area contributed by atoms with E-state index in [4.69, 9.17) is 10.5 Å². The first-order chi connectivity index (χ1) is 10.6. The number of carbonyl (C=O) groups is 2. The normalized spacial score (nSPS) is 23.3. The zero-order valence-corrected chi connectivity index (χ0v) is 13.7. The van der Waals surface area contributed by atoms with Crippen molar-refractivity contribution in [2.45, 2.75) is 30.8 Å². The third kappa shape index (κ3) is 3.65. The van der Waals surface area contributed by atoms with E-state index in [-0.39, 0.29) is 24.2 Å². The van der Waals surface area contributed by atoms with Crippen LogP contribution in [0.3, 0.4) is 0 Å². The summed E-state index contributed by atoms with van der Waals surface area (Å²) in [5.41, 5.74) is 6.10. The van der Waals surface area contributed by atoms with E-state index in [1.54, 1.807) is 4.90 Å². The minimum atomic E-state index is -0.918. The average Bonchev–Trinajstić information content (AvgIpc) is 2.90. The minimum Gasteiger partial charge on any atom is -0.381 e. The van der Waals surface area contributed by atoms with Crippen LogP contribution in [-0.2, 0) is 14.3 Å². The van der Waals surface area contributed by atoms with E-state index in [2.05, 4.69) is 5.32 Å². The van der Waals surface area contributed by atoms with Crippen LogP contribution >= 0.6 is 12.4 Å². The minimum absolute atomic E-state index is 0. The maximum Gasteiger partial charge on any atom is 0.249 e. The van der Waals surface area contributed by atoms with Gasteiger partial charge in [0, 0.05) is 25.4 Å². The van der Waals surface area contributed by atoms with E-state index in [1.807, 2.05) is 30.3 Å². The van der Waals surface area contributed by atoms with Crippen LogP contribution in [0.2, 0.25) is 0 Å². The molecule has 3 rings (SSSR count). The monoisotopic (exact) mass is 339 g/mol. The summed E-state index contributed by atoms with van der Waals surface area (Å²) in [6.45, 7) is 1.58. The molecule has 0 saturated carbocycles. The number of hydrogen-bond donors (Lipinski definition) is 2. The first-order valence-electron chi connectivity index (χ1n) is 7.64. The molecule has 2 aliphatic heterocycles. The van der Waals surface area contributed by atoms with Gasteiger partial charge in [-0.05, 0) is 31.4 Å². The number of rotatable bonds is 3. The molecule has 7 heteroatoms. The second-order valence-corrected chi connectivity index (χ2v) is 5.91. The molecule has 1 unspecified atom stereocenters. The maximum atomic E-state index is 12.5. The smallest absolute Gasteiger partial charge is 0.249 e. The standard InChI is InChI=1S/C16H21N3O3.ClH/c17-16(7-10-22-11-8-16)15(21)18-13-6-9-19(14(13)20)12-4-2-1-3-5-12;/h1-5,13H,6-11,17H2,(H,18,21);1H. The highest BCUT2D eigenvalue weighted by atomic mass is 35.5. The van der Waals surface area contributed by atoms with Gasteiger partial charge >= 0.3 is 0 Å². The number of nitrogens with zero attached hydrogens (tertiary/aromatic N) is 1. The van der Waals surface area contributed by atoms with E-state index < -0.39 is 11.6 Å². The van der Waals surface area contributed by atoms with Gasteiger partial charge in [-0.15, -0.1) is 12.4 Å². The topological polar surface area (TPSA) is 84.7 Å². The largest absolute Gasteiger partial charge is 0.381 e. The fraction of sp³-hybridized carbons (Fsp3) is 0.500. The van der Waals surface area contributed by atoms with Gasteiger partial charge in [0.2, 0.25) is 11.8 Å². The van der Waals surface area contributed by atoms with Crippen LogP contribution < -0.4 is 16.0 Å². The first-order valence-corrected chi connectivity index (χ1v) is 7.64. The Balaban J connectivity index is 0.00000192. The number of para-hydroxylation sites is 1. The molecule has 0 aliphatic carbocycles. The van der Waals surface area contributed by atoms with E-state index >= 15 is 0 Å². The van der Waals surface area contributed by atoms with Gasteiger partial charge in [0.25, 0.3) is 0 Å². The lowest BCUT2D eigenvalue weighted by Crippen LogP contribution is -2.59. The summed E-state index contributed by atoms with van der Waals surface area (Å²) >= 11 is 0. The lowest BCUT2D eigenvalue weighted by atomic mass is 9.90. The van der Waals surface area contributed by atoms with Crippen molar-refractivity contribution >= 4 is 29.9 Å². The lowest BCUT2D eigenvalue weighted by Gasteiger charge is -2.32. The number of nitrogens with one attached hydrogen (secondary N) is 1. The van der Waals surface area contributed by atoms with Gasteiger partial charge in [-0.2, -0.15) is 0 Å². The van der Waals surface area contributed by atoms with Crippen molar-refractivity contribution in [1.29, 1.82) is 0 Å². The molecule has 23 heavy (non-hydrogen) atoms. The van der Waals surface area contributed by atoms with Crippen molar-refractivity contribution < 1.29 is 14.3 Å². The number of nitrogens with two attached hydrogens (primary N) is 1. The van der Waals surface area contributed by atoms with Crippen molar-refractivity contribution in [3.05, 3.63) is 30.3 Å². The third-order valence-corrected chi connectivity index (χ3v) is 4.42. The van der Waals surface area contributed by atoms with E-state index in [0.29, 0.717) is 39.0 Å². The van der Waals surface area contributed by atoms with Gasteiger partial charge < -0.3 is 20.7 Å². The number of benzene rings is 1. The van der Waals surface area contributed by atoms with Crippen LogP contribution in [0.4, 0.5) is 5.69 Å². The van der Waals surface area contributed by atoms with Crippen LogP contribution in [0.5, 0.6) is 0 Å². The summed E-state index contributed by atoms with van der Waals surface area (Å²) in [7, 11) is 0. The second-order valence-electron chi connectivity index (χ2n) is 5.91. The van der Waals surface area contributed by atoms with Crippen LogP contribution in [0.1, 0.15) is 19.3 Å². The molecule has 1 aromatic rings. The summed E-state index contributed by atoms with van der Waals surface area (Å²) in [6.07, 6.45) is 1.58. The van der Waals surface area contributed by atoms with Crippen LogP contribution in [0.15, 0.2) is 30.3 Å². The second kappa shape index (κ2) is 7.29. The summed E-state index contributed by atoms with van der Waals surface area (Å²) in [5, 5.41) is 2.83. The van der Waals surface area contributed by atoms with Crippen molar-refractivity contribution in [3.63, 3.8) is 0 Å². The van der Waals surface area contributed by atoms with Crippen LogP contribution in [0.25, 0.3) is 0 Å². The molecule has 1 aromatic carbocycles. The number of anilines is 1. The summed E-state index contributed by atoms with van der Waals surface area (Å²) in [6, 6.07) is 9.00. The van der Waals surface area contributed by atoms with Crippen molar-refractivity contribution in [3.8, 4) is 0 Å². The summed E-state index contributed by atoms with van der Waals surface area (Å²) in [5.74, 6) is -0.320. The lowest BCUT2D eigenvalue weighted by molar-refractivity contribution is -0.132. The third-order valence-electron chi connectivity index (χ3n) is 4.42. The Morgan fingerprint density at radius 3 is 2.57 bits per heavy atom. The molecule has 0 aromatic heterocycles. The molecule has 0 radical (unpaired) electrons. The van der Waals surface area contributed by atoms with Gasteiger partial charge in [-0.25, -0.2) is 0 Å². The molecule has 0 bridgehead atoms. The van der Waals surface area contributed by atoms with Gasteiger partial charge in [0.1, 0.15) is 6.04 Å². The molecular formula is C16H22ClN3O3. The highest BCUT2D eigenvalue weighted by molar-refractivity contribution is 6.02. The predicted molar refractivity (Wildman–Crippen MR) is 89.6 cm³/mol. The Hall–Kier alpha value is -1.63. The summed E-state index contributed by atoms with van der Waals surface area (Å²) < 4.78 is 5.25. The number of hydrogen-bond acceptors (Lipinski definition) is 4. The summed E-state index contributed by atoms with van der Waals surface area (Å²) in [4.78, 5) is 26.6.